The second-order valence-corrected chi connectivity index (χ2v) is 6.25. The Labute approximate surface area is 229 Å². The number of carboxylic acid groups (broad SMARTS) is 3. The van der Waals surface area contributed by atoms with E-state index < -0.39 is 17.9 Å². The Morgan fingerprint density at radius 3 is 0.824 bits per heavy atom. The maximum Gasteiger partial charge on any atom is 0.328 e. The molecule has 0 heterocycles. The second kappa shape index (κ2) is 19.1. The first-order chi connectivity index (χ1) is 15.9. The first kappa shape index (κ1) is 30.6. The van der Waals surface area contributed by atoms with Gasteiger partial charge in [0.05, 0.1) is 0 Å². The summed E-state index contributed by atoms with van der Waals surface area (Å²) in [4.78, 5) is 30.3. The molecule has 0 aromatic heterocycles. The zero-order valence-corrected chi connectivity index (χ0v) is 20.2. The second-order valence-electron chi connectivity index (χ2n) is 6.25. The molecule has 0 fully saturated rings. The standard InChI is InChI=1S/3C9H8O2.Tb/c3*10-9(11)7-6-8-4-2-1-3-5-8;/h3*1-7H,(H,10,11);. The molecule has 177 valence electrons. The minimum absolute atomic E-state index is 0. The van der Waals surface area contributed by atoms with Crippen LogP contribution < -0.4 is 0 Å². The van der Waals surface area contributed by atoms with Crippen LogP contribution in [0, 0.1) is 38.6 Å². The number of hydrogen-bond donors (Lipinski definition) is 3. The summed E-state index contributed by atoms with van der Waals surface area (Å²) < 4.78 is 0. The molecule has 1 radical (unpaired) electrons. The molecule has 3 aromatic rings. The molecule has 3 N–H and O–H groups in total. The van der Waals surface area contributed by atoms with Crippen LogP contribution in [0.1, 0.15) is 16.7 Å². The van der Waals surface area contributed by atoms with E-state index in [1.165, 1.54) is 0 Å². The normalized spacial score (nSPS) is 9.88. The largest absolute Gasteiger partial charge is 0.478 e. The Balaban J connectivity index is 0.000000473. The molecule has 3 rings (SSSR count). The van der Waals surface area contributed by atoms with Crippen LogP contribution >= 0.6 is 0 Å². The number of hydrogen-bond acceptors (Lipinski definition) is 3. The van der Waals surface area contributed by atoms with Crippen molar-refractivity contribution >= 4 is 36.1 Å². The minimum atomic E-state index is -0.922. The van der Waals surface area contributed by atoms with Gasteiger partial charge in [0, 0.05) is 56.8 Å². The molecule has 0 aliphatic heterocycles. The van der Waals surface area contributed by atoms with Crippen molar-refractivity contribution in [2.75, 3.05) is 0 Å². The number of benzene rings is 3. The topological polar surface area (TPSA) is 112 Å². The summed E-state index contributed by atoms with van der Waals surface area (Å²) in [6.45, 7) is 0. The zero-order chi connectivity index (χ0) is 24.3. The van der Waals surface area contributed by atoms with E-state index in [0.717, 1.165) is 34.9 Å². The predicted octanol–water partition coefficient (Wildman–Crippen LogP) is 5.35. The van der Waals surface area contributed by atoms with Gasteiger partial charge in [-0.25, -0.2) is 14.4 Å². The van der Waals surface area contributed by atoms with Crippen LogP contribution in [0.25, 0.3) is 18.2 Å². The van der Waals surface area contributed by atoms with Crippen molar-refractivity contribution in [3.63, 3.8) is 0 Å². The molecule has 0 saturated carbocycles. The van der Waals surface area contributed by atoms with E-state index in [4.69, 9.17) is 15.3 Å². The Kier molecular flexibility index (Phi) is 17.2. The number of carbonyl (C=O) groups is 3. The molecule has 34 heavy (non-hydrogen) atoms. The third-order valence-electron chi connectivity index (χ3n) is 3.65. The van der Waals surface area contributed by atoms with Gasteiger partial charge in [-0.3, -0.25) is 0 Å². The van der Waals surface area contributed by atoms with E-state index in [0.29, 0.717) is 0 Å². The summed E-state index contributed by atoms with van der Waals surface area (Å²) in [5, 5.41) is 24.9. The molecule has 0 amide bonds. The molecular weight excluding hydrogens is 579 g/mol. The van der Waals surface area contributed by atoms with Crippen LogP contribution in [-0.2, 0) is 14.4 Å². The predicted molar refractivity (Wildman–Crippen MR) is 129 cm³/mol. The van der Waals surface area contributed by atoms with Crippen molar-refractivity contribution in [3.05, 3.63) is 126 Å². The monoisotopic (exact) mass is 603 g/mol. The minimum Gasteiger partial charge on any atom is -0.478 e. The zero-order valence-electron chi connectivity index (χ0n) is 18.0. The summed E-state index contributed by atoms with van der Waals surface area (Å²) in [7, 11) is 0. The SMILES string of the molecule is O=C(O)C=Cc1ccccc1.O=C(O)C=Cc1ccccc1.O=C(O)C=Cc1ccccc1.[Tb]. The molecule has 7 heteroatoms. The molecule has 0 saturated heterocycles. The maximum atomic E-state index is 10.1. The van der Waals surface area contributed by atoms with Gasteiger partial charge in [0.15, 0.2) is 0 Å². The van der Waals surface area contributed by atoms with E-state index in [9.17, 15) is 14.4 Å². The van der Waals surface area contributed by atoms with E-state index >= 15 is 0 Å². The van der Waals surface area contributed by atoms with Crippen molar-refractivity contribution < 1.29 is 68.3 Å². The van der Waals surface area contributed by atoms with Crippen LogP contribution in [0.3, 0.4) is 0 Å². The maximum absolute atomic E-state index is 10.1. The first-order valence-corrected chi connectivity index (χ1v) is 9.75. The Hall–Kier alpha value is -3.42. The fourth-order valence-corrected chi connectivity index (χ4v) is 2.19. The molecule has 0 atom stereocenters. The first-order valence-electron chi connectivity index (χ1n) is 9.75. The van der Waals surface area contributed by atoms with Gasteiger partial charge in [0.2, 0.25) is 0 Å². The molecule has 0 unspecified atom stereocenters. The van der Waals surface area contributed by atoms with Gasteiger partial charge in [-0.05, 0) is 34.9 Å². The average Bonchev–Trinajstić information content (AvgIpc) is 2.83. The van der Waals surface area contributed by atoms with Crippen LogP contribution in [0.5, 0.6) is 0 Å². The van der Waals surface area contributed by atoms with Crippen molar-refractivity contribution in [2.45, 2.75) is 0 Å². The average molecular weight is 603 g/mol. The van der Waals surface area contributed by atoms with E-state index in [1.807, 2.05) is 91.0 Å². The molecule has 0 bridgehead atoms. The summed E-state index contributed by atoms with van der Waals surface area (Å²) in [6.07, 6.45) is 8.03. The Morgan fingerprint density at radius 1 is 0.441 bits per heavy atom. The summed E-state index contributed by atoms with van der Waals surface area (Å²) in [5.74, 6) is -2.77. The fourth-order valence-electron chi connectivity index (χ4n) is 2.19. The van der Waals surface area contributed by atoms with Crippen LogP contribution in [0.4, 0.5) is 0 Å². The third kappa shape index (κ3) is 17.2. The van der Waals surface area contributed by atoms with E-state index in [1.54, 1.807) is 18.2 Å². The van der Waals surface area contributed by atoms with Crippen molar-refractivity contribution in [3.8, 4) is 0 Å². The van der Waals surface area contributed by atoms with Gasteiger partial charge < -0.3 is 15.3 Å². The third-order valence-corrected chi connectivity index (χ3v) is 3.65. The molecule has 0 aliphatic rings. The number of carboxylic acids is 3. The smallest absolute Gasteiger partial charge is 0.328 e. The van der Waals surface area contributed by atoms with Crippen LogP contribution in [0.2, 0.25) is 0 Å². The van der Waals surface area contributed by atoms with Gasteiger partial charge in [0.25, 0.3) is 0 Å². The van der Waals surface area contributed by atoms with Gasteiger partial charge in [-0.2, -0.15) is 0 Å². The summed E-state index contributed by atoms with van der Waals surface area (Å²) in [5.41, 5.74) is 2.69. The van der Waals surface area contributed by atoms with Crippen LogP contribution in [-0.4, -0.2) is 33.2 Å². The van der Waals surface area contributed by atoms with Gasteiger partial charge in [-0.1, -0.05) is 91.0 Å². The van der Waals surface area contributed by atoms with Crippen molar-refractivity contribution in [2.24, 2.45) is 0 Å². The molecule has 6 nitrogen and oxygen atoms in total. The molecule has 3 aromatic carbocycles. The van der Waals surface area contributed by atoms with Gasteiger partial charge >= 0.3 is 17.9 Å². The van der Waals surface area contributed by atoms with Crippen molar-refractivity contribution in [1.29, 1.82) is 0 Å². The van der Waals surface area contributed by atoms with E-state index in [2.05, 4.69) is 0 Å². The molecule has 0 spiro atoms. The van der Waals surface area contributed by atoms with Crippen LogP contribution in [0.15, 0.2) is 109 Å². The molecular formula is C27H24O6Tb. The Morgan fingerprint density at radius 2 is 0.647 bits per heavy atom. The molecule has 0 aliphatic carbocycles. The van der Waals surface area contributed by atoms with Gasteiger partial charge in [-0.15, -0.1) is 0 Å². The fraction of sp³-hybridized carbons (Fsp3) is 0. The summed E-state index contributed by atoms with van der Waals surface area (Å²) in [6, 6.07) is 27.9. The number of aliphatic carboxylic acids is 3. The number of rotatable bonds is 6. The van der Waals surface area contributed by atoms with Crippen molar-refractivity contribution in [1.82, 2.24) is 0 Å². The quantitative estimate of drug-likeness (QED) is 0.328. The van der Waals surface area contributed by atoms with E-state index in [-0.39, 0.29) is 38.6 Å². The van der Waals surface area contributed by atoms with Gasteiger partial charge in [0.1, 0.15) is 0 Å². The summed E-state index contributed by atoms with van der Waals surface area (Å²) >= 11 is 0. The Bertz CT molecular complexity index is 934.